The number of nitrogens with zero attached hydrogens (tertiary/aromatic N) is 1. The fourth-order valence-corrected chi connectivity index (χ4v) is 2.42. The number of hydrogen-bond donors (Lipinski definition) is 1. The predicted octanol–water partition coefficient (Wildman–Crippen LogP) is 2.65. The minimum Gasteiger partial charge on any atom is -0.480 e. The summed E-state index contributed by atoms with van der Waals surface area (Å²) in [6.45, 7) is 1.39. The van der Waals surface area contributed by atoms with Crippen molar-refractivity contribution in [1.82, 2.24) is 4.90 Å². The molecule has 2 rings (SSSR count). The maximum atomic E-state index is 10.8. The van der Waals surface area contributed by atoms with E-state index in [1.165, 1.54) is 0 Å². The van der Waals surface area contributed by atoms with Gasteiger partial charge in [0.15, 0.2) is 0 Å². The molecule has 0 saturated carbocycles. The highest BCUT2D eigenvalue weighted by Crippen LogP contribution is 2.24. The number of likely N-dealkylation sites (tertiary alicyclic amines) is 1. The zero-order valence-electron chi connectivity index (χ0n) is 8.49. The summed E-state index contributed by atoms with van der Waals surface area (Å²) in [6.07, 6.45) is 0.712. The maximum Gasteiger partial charge on any atom is 0.320 e. The number of halogens is 2. The van der Waals surface area contributed by atoms with Crippen LogP contribution in [0.15, 0.2) is 18.2 Å². The van der Waals surface area contributed by atoms with E-state index in [0.717, 1.165) is 12.1 Å². The second-order valence-corrected chi connectivity index (χ2v) is 4.76. The zero-order chi connectivity index (χ0) is 11.7. The third kappa shape index (κ3) is 2.48. The standard InChI is InChI=1S/C11H11Cl2NO2/c12-8-3-7(4-9(13)5-8)6-14-2-1-10(14)11(15)16/h3-5,10H,1-2,6H2,(H,15,16). The van der Waals surface area contributed by atoms with Gasteiger partial charge in [0, 0.05) is 23.1 Å². The molecule has 1 aliphatic heterocycles. The van der Waals surface area contributed by atoms with Crippen LogP contribution in [-0.4, -0.2) is 28.6 Å². The van der Waals surface area contributed by atoms with Gasteiger partial charge in [-0.1, -0.05) is 23.2 Å². The van der Waals surface area contributed by atoms with Crippen LogP contribution in [0.25, 0.3) is 0 Å². The van der Waals surface area contributed by atoms with E-state index in [4.69, 9.17) is 28.3 Å². The molecule has 1 aliphatic rings. The lowest BCUT2D eigenvalue weighted by molar-refractivity contribution is -0.148. The fourth-order valence-electron chi connectivity index (χ4n) is 1.85. The Balaban J connectivity index is 2.07. The van der Waals surface area contributed by atoms with Crippen molar-refractivity contribution in [2.45, 2.75) is 19.0 Å². The van der Waals surface area contributed by atoms with Crippen LogP contribution < -0.4 is 0 Å². The molecule has 1 fully saturated rings. The number of hydrogen-bond acceptors (Lipinski definition) is 2. The molecule has 16 heavy (non-hydrogen) atoms. The molecule has 3 nitrogen and oxygen atoms in total. The first-order valence-electron chi connectivity index (χ1n) is 4.98. The molecule has 0 spiro atoms. The average molecular weight is 260 g/mol. The largest absolute Gasteiger partial charge is 0.480 e. The summed E-state index contributed by atoms with van der Waals surface area (Å²) in [5, 5.41) is 10.1. The van der Waals surface area contributed by atoms with Gasteiger partial charge in [0.2, 0.25) is 0 Å². The number of carbonyl (C=O) groups is 1. The molecule has 1 unspecified atom stereocenters. The molecule has 1 saturated heterocycles. The summed E-state index contributed by atoms with van der Waals surface area (Å²) in [6, 6.07) is 4.92. The Kier molecular flexibility index (Phi) is 3.38. The van der Waals surface area contributed by atoms with E-state index in [0.29, 0.717) is 23.0 Å². The van der Waals surface area contributed by atoms with Gasteiger partial charge in [-0.2, -0.15) is 0 Å². The molecule has 1 N–H and O–H groups in total. The summed E-state index contributed by atoms with van der Waals surface area (Å²) < 4.78 is 0. The highest BCUT2D eigenvalue weighted by Gasteiger charge is 2.33. The van der Waals surface area contributed by atoms with Crippen molar-refractivity contribution in [1.29, 1.82) is 0 Å². The van der Waals surface area contributed by atoms with Crippen LogP contribution >= 0.6 is 23.2 Å². The Morgan fingerprint density at radius 3 is 2.44 bits per heavy atom. The molecule has 1 atom stereocenters. The van der Waals surface area contributed by atoms with Gasteiger partial charge >= 0.3 is 5.97 Å². The van der Waals surface area contributed by atoms with Crippen LogP contribution in [-0.2, 0) is 11.3 Å². The van der Waals surface area contributed by atoms with Gasteiger partial charge in [0.05, 0.1) is 0 Å². The Morgan fingerprint density at radius 2 is 2.00 bits per heavy atom. The van der Waals surface area contributed by atoms with E-state index < -0.39 is 5.97 Å². The van der Waals surface area contributed by atoms with Crippen LogP contribution in [0, 0.1) is 0 Å². The number of rotatable bonds is 3. The van der Waals surface area contributed by atoms with E-state index in [2.05, 4.69) is 0 Å². The van der Waals surface area contributed by atoms with Gasteiger partial charge in [0.25, 0.3) is 0 Å². The molecular weight excluding hydrogens is 249 g/mol. The summed E-state index contributed by atoms with van der Waals surface area (Å²) in [5.74, 6) is -0.764. The van der Waals surface area contributed by atoms with Gasteiger partial charge in [-0.25, -0.2) is 0 Å². The zero-order valence-corrected chi connectivity index (χ0v) is 10.0. The quantitative estimate of drug-likeness (QED) is 0.908. The van der Waals surface area contributed by atoms with Crippen LogP contribution in [0.3, 0.4) is 0 Å². The number of carboxylic acids is 1. The third-order valence-corrected chi connectivity index (χ3v) is 3.16. The minimum atomic E-state index is -0.764. The van der Waals surface area contributed by atoms with E-state index in [1.807, 2.05) is 17.0 Å². The highest BCUT2D eigenvalue weighted by molar-refractivity contribution is 6.34. The van der Waals surface area contributed by atoms with E-state index in [1.54, 1.807) is 6.07 Å². The van der Waals surface area contributed by atoms with Crippen molar-refractivity contribution in [3.05, 3.63) is 33.8 Å². The van der Waals surface area contributed by atoms with Crippen molar-refractivity contribution < 1.29 is 9.90 Å². The monoisotopic (exact) mass is 259 g/mol. The molecule has 0 aliphatic carbocycles. The summed E-state index contributed by atoms with van der Waals surface area (Å²) in [5.41, 5.74) is 0.948. The second kappa shape index (κ2) is 4.62. The molecule has 0 radical (unpaired) electrons. The van der Waals surface area contributed by atoms with Crippen molar-refractivity contribution >= 4 is 29.2 Å². The van der Waals surface area contributed by atoms with Crippen molar-refractivity contribution in [2.24, 2.45) is 0 Å². The van der Waals surface area contributed by atoms with Gasteiger partial charge in [0.1, 0.15) is 6.04 Å². The van der Waals surface area contributed by atoms with Crippen molar-refractivity contribution in [2.75, 3.05) is 6.54 Å². The van der Waals surface area contributed by atoms with Crippen LogP contribution in [0.4, 0.5) is 0 Å². The molecule has 5 heteroatoms. The van der Waals surface area contributed by atoms with Gasteiger partial charge < -0.3 is 5.11 Å². The summed E-state index contributed by atoms with van der Waals surface area (Å²) in [7, 11) is 0. The Labute approximate surface area is 104 Å². The summed E-state index contributed by atoms with van der Waals surface area (Å²) in [4.78, 5) is 12.7. The molecule has 0 bridgehead atoms. The van der Waals surface area contributed by atoms with Gasteiger partial charge in [-0.05, 0) is 30.2 Å². The minimum absolute atomic E-state index is 0.363. The maximum absolute atomic E-state index is 10.8. The van der Waals surface area contributed by atoms with E-state index in [9.17, 15) is 4.79 Å². The SMILES string of the molecule is O=C(O)C1CCN1Cc1cc(Cl)cc(Cl)c1. The number of benzene rings is 1. The first-order valence-corrected chi connectivity index (χ1v) is 5.73. The lowest BCUT2D eigenvalue weighted by Gasteiger charge is -2.37. The third-order valence-electron chi connectivity index (χ3n) is 2.72. The summed E-state index contributed by atoms with van der Waals surface area (Å²) >= 11 is 11.7. The van der Waals surface area contributed by atoms with E-state index >= 15 is 0 Å². The van der Waals surface area contributed by atoms with Gasteiger partial charge in [-0.15, -0.1) is 0 Å². The first-order chi connectivity index (χ1) is 7.56. The van der Waals surface area contributed by atoms with Crippen molar-refractivity contribution in [3.63, 3.8) is 0 Å². The first kappa shape index (κ1) is 11.7. The second-order valence-electron chi connectivity index (χ2n) is 3.89. The topological polar surface area (TPSA) is 40.5 Å². The van der Waals surface area contributed by atoms with Crippen molar-refractivity contribution in [3.8, 4) is 0 Å². The smallest absolute Gasteiger partial charge is 0.320 e. The Morgan fingerprint density at radius 1 is 1.38 bits per heavy atom. The average Bonchev–Trinajstić information content (AvgIpc) is 2.09. The number of aliphatic carboxylic acids is 1. The highest BCUT2D eigenvalue weighted by atomic mass is 35.5. The molecule has 86 valence electrons. The van der Waals surface area contributed by atoms with Gasteiger partial charge in [-0.3, -0.25) is 9.69 Å². The molecule has 1 heterocycles. The normalized spacial score (nSPS) is 20.5. The molecule has 1 aromatic carbocycles. The molecular formula is C11H11Cl2NO2. The van der Waals surface area contributed by atoms with Crippen LogP contribution in [0.2, 0.25) is 10.0 Å². The fraction of sp³-hybridized carbons (Fsp3) is 0.364. The lowest BCUT2D eigenvalue weighted by atomic mass is 10.0. The Bertz CT molecular complexity index is 402. The lowest BCUT2D eigenvalue weighted by Crippen LogP contribution is -2.51. The Hall–Kier alpha value is -0.770. The number of carboxylic acid groups (broad SMARTS) is 1. The van der Waals surface area contributed by atoms with E-state index in [-0.39, 0.29) is 6.04 Å². The molecule has 0 aromatic heterocycles. The van der Waals surface area contributed by atoms with Crippen LogP contribution in [0.5, 0.6) is 0 Å². The molecule has 1 aromatic rings. The predicted molar refractivity (Wildman–Crippen MR) is 62.9 cm³/mol. The van der Waals surface area contributed by atoms with Crippen LogP contribution in [0.1, 0.15) is 12.0 Å². The molecule has 0 amide bonds.